The van der Waals surface area contributed by atoms with E-state index in [4.69, 9.17) is 5.73 Å². The molecular formula is C10H17N3S. The minimum atomic E-state index is 0.236. The van der Waals surface area contributed by atoms with Crippen LogP contribution in [0.25, 0.3) is 0 Å². The van der Waals surface area contributed by atoms with Crippen molar-refractivity contribution in [2.75, 3.05) is 6.54 Å². The van der Waals surface area contributed by atoms with Crippen LogP contribution in [-0.4, -0.2) is 17.6 Å². The van der Waals surface area contributed by atoms with Crippen LogP contribution in [-0.2, 0) is 6.42 Å². The summed E-state index contributed by atoms with van der Waals surface area (Å²) < 4.78 is 0. The summed E-state index contributed by atoms with van der Waals surface area (Å²) in [4.78, 5) is 5.76. The molecule has 1 fully saturated rings. The highest BCUT2D eigenvalue weighted by Gasteiger charge is 2.19. The Bertz CT molecular complexity index is 289. The first-order chi connectivity index (χ1) is 6.75. The molecule has 2 heterocycles. The lowest BCUT2D eigenvalue weighted by Gasteiger charge is -2.04. The standard InChI is InChI=1S/C10H17N3S/c1-7(11)5-8-6-13-10(14-8)9-3-2-4-12-9/h6-7,9,12H,2-5,11H2,1H3. The van der Waals surface area contributed by atoms with Crippen LogP contribution in [0.3, 0.4) is 0 Å². The maximum Gasteiger partial charge on any atom is 0.110 e. The van der Waals surface area contributed by atoms with Gasteiger partial charge in [0.05, 0.1) is 6.04 Å². The Kier molecular flexibility index (Phi) is 3.15. The van der Waals surface area contributed by atoms with Crippen LogP contribution in [0.1, 0.15) is 35.7 Å². The summed E-state index contributed by atoms with van der Waals surface area (Å²) in [5.74, 6) is 0. The topological polar surface area (TPSA) is 50.9 Å². The van der Waals surface area contributed by atoms with Crippen molar-refractivity contribution in [3.05, 3.63) is 16.1 Å². The molecule has 1 aliphatic heterocycles. The van der Waals surface area contributed by atoms with Gasteiger partial charge in [0.2, 0.25) is 0 Å². The van der Waals surface area contributed by atoms with Gasteiger partial charge in [0.15, 0.2) is 0 Å². The van der Waals surface area contributed by atoms with Gasteiger partial charge >= 0.3 is 0 Å². The maximum absolute atomic E-state index is 5.75. The summed E-state index contributed by atoms with van der Waals surface area (Å²) in [5.41, 5.74) is 5.75. The highest BCUT2D eigenvalue weighted by atomic mass is 32.1. The Labute approximate surface area is 88.7 Å². The highest BCUT2D eigenvalue weighted by Crippen LogP contribution is 2.27. The van der Waals surface area contributed by atoms with Gasteiger partial charge < -0.3 is 11.1 Å². The number of nitrogens with two attached hydrogens (primary N) is 1. The number of hydrogen-bond donors (Lipinski definition) is 2. The first kappa shape index (κ1) is 10.1. The van der Waals surface area contributed by atoms with E-state index in [1.807, 2.05) is 13.1 Å². The van der Waals surface area contributed by atoms with Gasteiger partial charge in [0, 0.05) is 17.1 Å². The zero-order valence-corrected chi connectivity index (χ0v) is 9.31. The van der Waals surface area contributed by atoms with Gasteiger partial charge in [-0.15, -0.1) is 11.3 Å². The van der Waals surface area contributed by atoms with E-state index >= 15 is 0 Å². The molecule has 0 aliphatic carbocycles. The predicted molar refractivity (Wildman–Crippen MR) is 59.4 cm³/mol. The number of nitrogens with one attached hydrogen (secondary N) is 1. The van der Waals surface area contributed by atoms with Crippen molar-refractivity contribution < 1.29 is 0 Å². The zero-order valence-electron chi connectivity index (χ0n) is 8.49. The molecule has 3 nitrogen and oxygen atoms in total. The molecule has 0 bridgehead atoms. The van der Waals surface area contributed by atoms with Crippen molar-refractivity contribution in [1.29, 1.82) is 0 Å². The smallest absolute Gasteiger partial charge is 0.110 e. The second-order valence-electron chi connectivity index (χ2n) is 4.00. The van der Waals surface area contributed by atoms with Gasteiger partial charge in [-0.3, -0.25) is 0 Å². The molecule has 1 aliphatic rings. The molecule has 4 heteroatoms. The van der Waals surface area contributed by atoms with Gasteiger partial charge in [-0.05, 0) is 32.7 Å². The lowest BCUT2D eigenvalue weighted by molar-refractivity contribution is 0.643. The van der Waals surface area contributed by atoms with Crippen molar-refractivity contribution in [2.45, 2.75) is 38.3 Å². The van der Waals surface area contributed by atoms with Gasteiger partial charge in [-0.1, -0.05) is 0 Å². The fourth-order valence-corrected chi connectivity index (χ4v) is 2.96. The second kappa shape index (κ2) is 4.38. The van der Waals surface area contributed by atoms with E-state index in [0.717, 1.165) is 13.0 Å². The lowest BCUT2D eigenvalue weighted by atomic mass is 10.2. The molecule has 78 valence electrons. The largest absolute Gasteiger partial charge is 0.328 e. The third-order valence-corrected chi connectivity index (χ3v) is 3.59. The normalized spacial score (nSPS) is 24.0. The van der Waals surface area contributed by atoms with E-state index < -0.39 is 0 Å². The van der Waals surface area contributed by atoms with Crippen molar-refractivity contribution in [1.82, 2.24) is 10.3 Å². The Morgan fingerprint density at radius 1 is 1.79 bits per heavy atom. The van der Waals surface area contributed by atoms with Crippen molar-refractivity contribution in [3.63, 3.8) is 0 Å². The van der Waals surface area contributed by atoms with Crippen LogP contribution >= 0.6 is 11.3 Å². The van der Waals surface area contributed by atoms with E-state index in [0.29, 0.717) is 6.04 Å². The Morgan fingerprint density at radius 3 is 3.29 bits per heavy atom. The first-order valence-electron chi connectivity index (χ1n) is 5.19. The zero-order chi connectivity index (χ0) is 9.97. The Balaban J connectivity index is 2.01. The molecular weight excluding hydrogens is 194 g/mol. The minimum Gasteiger partial charge on any atom is -0.328 e. The van der Waals surface area contributed by atoms with Crippen molar-refractivity contribution in [3.8, 4) is 0 Å². The lowest BCUT2D eigenvalue weighted by Crippen LogP contribution is -2.16. The van der Waals surface area contributed by atoms with E-state index in [1.165, 1.54) is 22.7 Å². The van der Waals surface area contributed by atoms with Crippen LogP contribution in [0, 0.1) is 0 Å². The molecule has 0 spiro atoms. The third-order valence-electron chi connectivity index (χ3n) is 2.45. The summed E-state index contributed by atoms with van der Waals surface area (Å²) in [6, 6.07) is 0.738. The summed E-state index contributed by atoms with van der Waals surface area (Å²) in [5, 5.41) is 4.69. The van der Waals surface area contributed by atoms with E-state index in [1.54, 1.807) is 11.3 Å². The maximum atomic E-state index is 5.75. The average molecular weight is 211 g/mol. The quantitative estimate of drug-likeness (QED) is 0.796. The SMILES string of the molecule is CC(N)Cc1cnc(C2CCCN2)s1. The third kappa shape index (κ3) is 2.32. The van der Waals surface area contributed by atoms with Gasteiger partial charge in [-0.25, -0.2) is 4.98 Å². The number of aromatic nitrogens is 1. The van der Waals surface area contributed by atoms with Crippen molar-refractivity contribution >= 4 is 11.3 Å². The van der Waals surface area contributed by atoms with Crippen LogP contribution < -0.4 is 11.1 Å². The van der Waals surface area contributed by atoms with Gasteiger partial charge in [0.25, 0.3) is 0 Å². The van der Waals surface area contributed by atoms with Gasteiger partial charge in [0.1, 0.15) is 5.01 Å². The van der Waals surface area contributed by atoms with Crippen LogP contribution in [0.15, 0.2) is 6.20 Å². The van der Waals surface area contributed by atoms with E-state index in [2.05, 4.69) is 10.3 Å². The first-order valence-corrected chi connectivity index (χ1v) is 6.01. The van der Waals surface area contributed by atoms with Crippen LogP contribution in [0.2, 0.25) is 0 Å². The summed E-state index contributed by atoms with van der Waals surface area (Å²) >= 11 is 1.80. The van der Waals surface area contributed by atoms with E-state index in [-0.39, 0.29) is 6.04 Å². The highest BCUT2D eigenvalue weighted by molar-refractivity contribution is 7.11. The minimum absolute atomic E-state index is 0.236. The summed E-state index contributed by atoms with van der Waals surface area (Å²) in [6.07, 6.45) is 5.42. The monoisotopic (exact) mass is 211 g/mol. The molecule has 2 unspecified atom stereocenters. The van der Waals surface area contributed by atoms with Gasteiger partial charge in [-0.2, -0.15) is 0 Å². The fourth-order valence-electron chi connectivity index (χ4n) is 1.79. The second-order valence-corrected chi connectivity index (χ2v) is 5.14. The molecule has 2 rings (SSSR count). The number of rotatable bonds is 3. The van der Waals surface area contributed by atoms with Crippen LogP contribution in [0.5, 0.6) is 0 Å². The van der Waals surface area contributed by atoms with Crippen LogP contribution in [0.4, 0.5) is 0 Å². The predicted octanol–water partition coefficient (Wildman–Crippen LogP) is 1.46. The molecule has 0 aromatic carbocycles. The van der Waals surface area contributed by atoms with Crippen molar-refractivity contribution in [2.24, 2.45) is 5.73 Å². The molecule has 1 aromatic heterocycles. The Morgan fingerprint density at radius 2 is 2.64 bits per heavy atom. The molecule has 0 amide bonds. The summed E-state index contributed by atoms with van der Waals surface area (Å²) in [7, 11) is 0. The number of hydrogen-bond acceptors (Lipinski definition) is 4. The fraction of sp³-hybridized carbons (Fsp3) is 0.700. The average Bonchev–Trinajstić information content (AvgIpc) is 2.69. The Hall–Kier alpha value is -0.450. The summed E-state index contributed by atoms with van der Waals surface area (Å²) in [6.45, 7) is 3.17. The molecule has 0 radical (unpaired) electrons. The molecule has 1 saturated heterocycles. The number of thiazole rings is 1. The van der Waals surface area contributed by atoms with E-state index in [9.17, 15) is 0 Å². The molecule has 1 aromatic rings. The molecule has 14 heavy (non-hydrogen) atoms. The molecule has 2 atom stereocenters. The molecule has 0 saturated carbocycles. The number of nitrogens with zero attached hydrogens (tertiary/aromatic N) is 1. The molecule has 3 N–H and O–H groups in total.